The van der Waals surface area contributed by atoms with Crippen LogP contribution in [0.4, 0.5) is 0 Å². The summed E-state index contributed by atoms with van der Waals surface area (Å²) < 4.78 is 6.15. The van der Waals surface area contributed by atoms with Crippen LogP contribution in [0.3, 0.4) is 0 Å². The van der Waals surface area contributed by atoms with E-state index in [4.69, 9.17) is 4.74 Å². The summed E-state index contributed by atoms with van der Waals surface area (Å²) in [6.45, 7) is 3.25. The van der Waals surface area contributed by atoms with Crippen LogP contribution in [0, 0.1) is 0 Å². The van der Waals surface area contributed by atoms with Gasteiger partial charge in [-0.25, -0.2) is 0 Å². The maximum atomic E-state index is 6.15. The predicted octanol–water partition coefficient (Wildman–Crippen LogP) is 4.31. The van der Waals surface area contributed by atoms with Crippen LogP contribution in [0.1, 0.15) is 43.0 Å². The molecule has 2 nitrogen and oxygen atoms in total. The minimum absolute atomic E-state index is 0.176. The van der Waals surface area contributed by atoms with E-state index in [-0.39, 0.29) is 6.10 Å². The standard InChI is InChI=1S/C16H19NOS/c1-2-8-17-14-10-16(12-7-9-19-11-12)18-15-6-4-3-5-13(14)15/h3-7,9,11,14,16-17H,2,8,10H2,1H3. The largest absolute Gasteiger partial charge is 0.485 e. The van der Waals surface area contributed by atoms with Gasteiger partial charge in [0, 0.05) is 23.6 Å². The number of benzene rings is 1. The van der Waals surface area contributed by atoms with Crippen molar-refractivity contribution in [1.82, 2.24) is 5.32 Å². The van der Waals surface area contributed by atoms with Gasteiger partial charge in [-0.3, -0.25) is 0 Å². The third-order valence-electron chi connectivity index (χ3n) is 3.57. The molecule has 0 saturated carbocycles. The number of ether oxygens (including phenoxy) is 1. The highest BCUT2D eigenvalue weighted by atomic mass is 32.1. The first kappa shape index (κ1) is 12.7. The topological polar surface area (TPSA) is 21.3 Å². The molecular weight excluding hydrogens is 254 g/mol. The molecule has 1 aliphatic heterocycles. The highest BCUT2D eigenvalue weighted by Gasteiger charge is 2.28. The van der Waals surface area contributed by atoms with Gasteiger partial charge in [-0.05, 0) is 35.9 Å². The minimum Gasteiger partial charge on any atom is -0.485 e. The van der Waals surface area contributed by atoms with Crippen molar-refractivity contribution in [1.29, 1.82) is 0 Å². The Hall–Kier alpha value is -1.32. The molecule has 0 spiro atoms. The Morgan fingerprint density at radius 1 is 1.32 bits per heavy atom. The Balaban J connectivity index is 1.87. The van der Waals surface area contributed by atoms with E-state index in [1.165, 1.54) is 11.1 Å². The van der Waals surface area contributed by atoms with Gasteiger partial charge in [0.2, 0.25) is 0 Å². The van der Waals surface area contributed by atoms with Crippen LogP contribution in [0.15, 0.2) is 41.1 Å². The Kier molecular flexibility index (Phi) is 3.85. The fourth-order valence-corrected chi connectivity index (χ4v) is 3.29. The molecule has 3 rings (SSSR count). The zero-order valence-electron chi connectivity index (χ0n) is 11.1. The normalized spacial score (nSPS) is 21.7. The summed E-state index contributed by atoms with van der Waals surface area (Å²) in [6.07, 6.45) is 2.34. The lowest BCUT2D eigenvalue weighted by atomic mass is 9.94. The molecule has 100 valence electrons. The van der Waals surface area contributed by atoms with Gasteiger partial charge in [0.1, 0.15) is 11.9 Å². The van der Waals surface area contributed by atoms with Gasteiger partial charge in [-0.1, -0.05) is 25.1 Å². The molecule has 0 aliphatic carbocycles. The Morgan fingerprint density at radius 3 is 3.00 bits per heavy atom. The van der Waals surface area contributed by atoms with Gasteiger partial charge >= 0.3 is 0 Å². The maximum Gasteiger partial charge on any atom is 0.126 e. The van der Waals surface area contributed by atoms with Crippen molar-refractivity contribution in [2.24, 2.45) is 0 Å². The molecule has 2 aromatic rings. The van der Waals surface area contributed by atoms with Gasteiger partial charge in [0.05, 0.1) is 0 Å². The molecule has 0 radical (unpaired) electrons. The fraction of sp³-hybridized carbons (Fsp3) is 0.375. The van der Waals surface area contributed by atoms with Gasteiger partial charge in [0.15, 0.2) is 0 Å². The summed E-state index contributed by atoms with van der Waals surface area (Å²) in [5.41, 5.74) is 2.59. The number of hydrogen-bond donors (Lipinski definition) is 1. The highest BCUT2D eigenvalue weighted by Crippen LogP contribution is 2.40. The lowest BCUT2D eigenvalue weighted by Gasteiger charge is -2.32. The number of rotatable bonds is 4. The first-order chi connectivity index (χ1) is 9.38. The van der Waals surface area contributed by atoms with E-state index in [1.807, 2.05) is 6.07 Å². The molecule has 0 bridgehead atoms. The lowest BCUT2D eigenvalue weighted by Crippen LogP contribution is -2.29. The molecule has 19 heavy (non-hydrogen) atoms. The van der Waals surface area contributed by atoms with Crippen molar-refractivity contribution in [2.45, 2.75) is 31.9 Å². The van der Waals surface area contributed by atoms with Crippen LogP contribution in [-0.4, -0.2) is 6.54 Å². The Morgan fingerprint density at radius 2 is 2.21 bits per heavy atom. The monoisotopic (exact) mass is 273 g/mol. The van der Waals surface area contributed by atoms with Crippen molar-refractivity contribution < 1.29 is 4.74 Å². The third kappa shape index (κ3) is 2.67. The van der Waals surface area contributed by atoms with Crippen LogP contribution >= 0.6 is 11.3 Å². The molecule has 1 aromatic carbocycles. The smallest absolute Gasteiger partial charge is 0.126 e. The average molecular weight is 273 g/mol. The van der Waals surface area contributed by atoms with E-state index in [2.05, 4.69) is 47.3 Å². The van der Waals surface area contributed by atoms with Crippen LogP contribution in [0.5, 0.6) is 5.75 Å². The van der Waals surface area contributed by atoms with Crippen molar-refractivity contribution in [3.05, 3.63) is 52.2 Å². The van der Waals surface area contributed by atoms with E-state index in [1.54, 1.807) is 11.3 Å². The molecule has 2 atom stereocenters. The van der Waals surface area contributed by atoms with Gasteiger partial charge < -0.3 is 10.1 Å². The van der Waals surface area contributed by atoms with E-state index >= 15 is 0 Å². The summed E-state index contributed by atoms with van der Waals surface area (Å²) in [7, 11) is 0. The number of fused-ring (bicyclic) bond motifs is 1. The number of para-hydroxylation sites is 1. The van der Waals surface area contributed by atoms with Crippen LogP contribution in [0.25, 0.3) is 0 Å². The second kappa shape index (κ2) is 5.76. The SMILES string of the molecule is CCCNC1CC(c2ccsc2)Oc2ccccc21. The van der Waals surface area contributed by atoms with E-state index in [0.717, 1.165) is 25.1 Å². The zero-order chi connectivity index (χ0) is 13.1. The molecule has 1 aliphatic rings. The summed E-state index contributed by atoms with van der Waals surface area (Å²) in [4.78, 5) is 0. The Bertz CT molecular complexity index is 523. The van der Waals surface area contributed by atoms with Crippen molar-refractivity contribution in [3.63, 3.8) is 0 Å². The molecule has 0 saturated heterocycles. The van der Waals surface area contributed by atoms with Crippen LogP contribution in [0.2, 0.25) is 0 Å². The minimum atomic E-state index is 0.176. The maximum absolute atomic E-state index is 6.15. The molecule has 2 heterocycles. The Labute approximate surface area is 118 Å². The molecular formula is C16H19NOS. The summed E-state index contributed by atoms with van der Waals surface area (Å²) in [6, 6.07) is 11.0. The van der Waals surface area contributed by atoms with E-state index in [0.29, 0.717) is 6.04 Å². The quantitative estimate of drug-likeness (QED) is 0.896. The fourth-order valence-electron chi connectivity index (χ4n) is 2.59. The van der Waals surface area contributed by atoms with Crippen molar-refractivity contribution in [3.8, 4) is 5.75 Å². The first-order valence-electron chi connectivity index (χ1n) is 6.89. The highest BCUT2D eigenvalue weighted by molar-refractivity contribution is 7.07. The van der Waals surface area contributed by atoms with Crippen molar-refractivity contribution in [2.75, 3.05) is 6.54 Å². The van der Waals surface area contributed by atoms with Crippen LogP contribution in [-0.2, 0) is 0 Å². The van der Waals surface area contributed by atoms with Crippen molar-refractivity contribution >= 4 is 11.3 Å². The third-order valence-corrected chi connectivity index (χ3v) is 4.27. The molecule has 0 fully saturated rings. The molecule has 1 aromatic heterocycles. The lowest BCUT2D eigenvalue weighted by molar-refractivity contribution is 0.152. The van der Waals surface area contributed by atoms with Gasteiger partial charge in [0.25, 0.3) is 0 Å². The second-order valence-electron chi connectivity index (χ2n) is 4.94. The average Bonchev–Trinajstić information content (AvgIpc) is 2.98. The zero-order valence-corrected chi connectivity index (χ0v) is 12.0. The summed E-state index contributed by atoms with van der Waals surface area (Å²) in [5, 5.41) is 7.95. The first-order valence-corrected chi connectivity index (χ1v) is 7.84. The predicted molar refractivity (Wildman–Crippen MR) is 79.8 cm³/mol. The number of hydrogen-bond acceptors (Lipinski definition) is 3. The van der Waals surface area contributed by atoms with Gasteiger partial charge in [-0.15, -0.1) is 0 Å². The number of thiophene rings is 1. The summed E-state index contributed by atoms with van der Waals surface area (Å²) in [5.74, 6) is 1.03. The molecule has 2 unspecified atom stereocenters. The van der Waals surface area contributed by atoms with Gasteiger partial charge in [-0.2, -0.15) is 11.3 Å². The second-order valence-corrected chi connectivity index (χ2v) is 5.72. The van der Waals surface area contributed by atoms with Crippen LogP contribution < -0.4 is 10.1 Å². The number of nitrogens with one attached hydrogen (secondary N) is 1. The molecule has 1 N–H and O–H groups in total. The van der Waals surface area contributed by atoms with E-state index < -0.39 is 0 Å². The summed E-state index contributed by atoms with van der Waals surface area (Å²) >= 11 is 1.73. The molecule has 3 heteroatoms. The van der Waals surface area contributed by atoms with E-state index in [9.17, 15) is 0 Å². The molecule has 0 amide bonds.